The maximum absolute atomic E-state index is 12.8. The van der Waals surface area contributed by atoms with Crippen LogP contribution in [0.15, 0.2) is 47.4 Å². The predicted molar refractivity (Wildman–Crippen MR) is 96.4 cm³/mol. The predicted octanol–water partition coefficient (Wildman–Crippen LogP) is 1.72. The van der Waals surface area contributed by atoms with E-state index in [1.165, 1.54) is 43.2 Å². The Morgan fingerprint density at radius 1 is 1.11 bits per heavy atom. The summed E-state index contributed by atoms with van der Waals surface area (Å²) < 4.78 is 44.0. The Morgan fingerprint density at radius 2 is 1.85 bits per heavy atom. The van der Waals surface area contributed by atoms with Gasteiger partial charge in [-0.15, -0.1) is 5.10 Å². The monoisotopic (exact) mass is 394 g/mol. The van der Waals surface area contributed by atoms with Crippen LogP contribution in [0.25, 0.3) is 11.0 Å². The van der Waals surface area contributed by atoms with Crippen molar-refractivity contribution in [3.8, 4) is 5.75 Å². The fourth-order valence-corrected chi connectivity index (χ4v) is 3.20. The van der Waals surface area contributed by atoms with Gasteiger partial charge >= 0.3 is 0 Å². The molecule has 1 heterocycles. The highest BCUT2D eigenvalue weighted by atomic mass is 32.2. The highest BCUT2D eigenvalue weighted by Crippen LogP contribution is 2.19. The zero-order valence-corrected chi connectivity index (χ0v) is 15.7. The first-order valence-electron chi connectivity index (χ1n) is 8.17. The number of fused-ring (bicyclic) bond motifs is 1. The van der Waals surface area contributed by atoms with E-state index in [-0.39, 0.29) is 17.3 Å². The first-order chi connectivity index (χ1) is 12.9. The zero-order chi connectivity index (χ0) is 19.4. The normalized spacial score (nSPS) is 11.9. The van der Waals surface area contributed by atoms with Crippen LogP contribution in [0.4, 0.5) is 4.39 Å². The molecule has 8 nitrogen and oxygen atoms in total. The standard InChI is InChI=1S/C17H19FN4O4S/c1-21(2)27(23,24)15-8-9-16-17(12-15)22(20-19-16)26-11-3-10-25-14-6-4-13(18)5-7-14/h4-9,12H,3,10-11H2,1-2H3. The van der Waals surface area contributed by atoms with Crippen molar-refractivity contribution in [1.82, 2.24) is 19.5 Å². The van der Waals surface area contributed by atoms with Crippen molar-refractivity contribution >= 4 is 21.1 Å². The third kappa shape index (κ3) is 4.34. The highest BCUT2D eigenvalue weighted by molar-refractivity contribution is 7.89. The van der Waals surface area contributed by atoms with E-state index in [4.69, 9.17) is 9.57 Å². The molecule has 0 aliphatic rings. The molecule has 3 rings (SSSR count). The Labute approximate surface area is 156 Å². The van der Waals surface area contributed by atoms with Crippen molar-refractivity contribution < 1.29 is 22.4 Å². The van der Waals surface area contributed by atoms with E-state index in [1.807, 2.05) is 0 Å². The lowest BCUT2D eigenvalue weighted by Crippen LogP contribution is -2.22. The molecule has 0 saturated carbocycles. The fourth-order valence-electron chi connectivity index (χ4n) is 2.28. The van der Waals surface area contributed by atoms with E-state index in [9.17, 15) is 12.8 Å². The van der Waals surface area contributed by atoms with Gasteiger partial charge in [-0.3, -0.25) is 0 Å². The molecular formula is C17H19FN4O4S. The summed E-state index contributed by atoms with van der Waals surface area (Å²) in [5.74, 6) is 0.250. The van der Waals surface area contributed by atoms with Crippen LogP contribution in [0.1, 0.15) is 6.42 Å². The molecule has 0 aliphatic heterocycles. The second-order valence-corrected chi connectivity index (χ2v) is 8.04. The molecular weight excluding hydrogens is 375 g/mol. The van der Waals surface area contributed by atoms with Crippen LogP contribution in [0.2, 0.25) is 0 Å². The smallest absolute Gasteiger partial charge is 0.242 e. The van der Waals surface area contributed by atoms with Crippen molar-refractivity contribution in [2.75, 3.05) is 27.3 Å². The molecule has 0 aliphatic carbocycles. The SMILES string of the molecule is CN(C)S(=O)(=O)c1ccc2nnn(OCCCOc3ccc(F)cc3)c2c1. The number of ether oxygens (including phenoxy) is 1. The van der Waals surface area contributed by atoms with Crippen LogP contribution in [0.3, 0.4) is 0 Å². The number of hydrogen-bond donors (Lipinski definition) is 0. The average Bonchev–Trinajstić information content (AvgIpc) is 3.05. The van der Waals surface area contributed by atoms with Gasteiger partial charge in [0, 0.05) is 20.5 Å². The number of nitrogens with zero attached hydrogens (tertiary/aromatic N) is 4. The van der Waals surface area contributed by atoms with Crippen LogP contribution in [0.5, 0.6) is 5.75 Å². The molecule has 0 amide bonds. The number of sulfonamides is 1. The molecule has 2 aromatic carbocycles. The third-order valence-electron chi connectivity index (χ3n) is 3.75. The summed E-state index contributed by atoms with van der Waals surface area (Å²) in [7, 11) is -0.634. The van der Waals surface area contributed by atoms with Gasteiger partial charge in [-0.05, 0) is 47.7 Å². The minimum Gasteiger partial charge on any atom is -0.493 e. The summed E-state index contributed by atoms with van der Waals surface area (Å²) in [5, 5.41) is 7.84. The summed E-state index contributed by atoms with van der Waals surface area (Å²) in [6, 6.07) is 10.3. The largest absolute Gasteiger partial charge is 0.493 e. The molecule has 144 valence electrons. The number of rotatable bonds is 8. The molecule has 1 aromatic heterocycles. The second-order valence-electron chi connectivity index (χ2n) is 5.89. The first-order valence-corrected chi connectivity index (χ1v) is 9.61. The lowest BCUT2D eigenvalue weighted by atomic mass is 10.3. The Hall–Kier alpha value is -2.72. The second kappa shape index (κ2) is 7.89. The molecule has 0 saturated heterocycles. The van der Waals surface area contributed by atoms with E-state index in [2.05, 4.69) is 10.3 Å². The Kier molecular flexibility index (Phi) is 5.57. The van der Waals surface area contributed by atoms with Gasteiger partial charge in [0.2, 0.25) is 10.0 Å². The number of aromatic nitrogens is 3. The number of hydrogen-bond acceptors (Lipinski definition) is 6. The van der Waals surface area contributed by atoms with Crippen LogP contribution < -0.4 is 9.57 Å². The van der Waals surface area contributed by atoms with Crippen molar-refractivity contribution in [3.05, 3.63) is 48.3 Å². The Morgan fingerprint density at radius 3 is 2.56 bits per heavy atom. The summed E-state index contributed by atoms with van der Waals surface area (Å²) >= 11 is 0. The molecule has 0 bridgehead atoms. The highest BCUT2D eigenvalue weighted by Gasteiger charge is 2.19. The van der Waals surface area contributed by atoms with Gasteiger partial charge in [0.1, 0.15) is 29.2 Å². The van der Waals surface area contributed by atoms with Crippen molar-refractivity contribution in [3.63, 3.8) is 0 Å². The maximum Gasteiger partial charge on any atom is 0.242 e. The van der Waals surface area contributed by atoms with Gasteiger partial charge in [-0.2, -0.15) is 0 Å². The van der Waals surface area contributed by atoms with E-state index >= 15 is 0 Å². The van der Waals surface area contributed by atoms with E-state index in [0.29, 0.717) is 29.8 Å². The topological polar surface area (TPSA) is 86.6 Å². The summed E-state index contributed by atoms with van der Waals surface area (Å²) in [5.41, 5.74) is 0.979. The first kappa shape index (κ1) is 19.1. The molecule has 10 heteroatoms. The van der Waals surface area contributed by atoms with Crippen molar-refractivity contribution in [2.45, 2.75) is 11.3 Å². The van der Waals surface area contributed by atoms with Crippen LogP contribution in [-0.4, -0.2) is 55.2 Å². The number of halogens is 1. The summed E-state index contributed by atoms with van der Waals surface area (Å²) in [6.07, 6.45) is 0.550. The fraction of sp³-hybridized carbons (Fsp3) is 0.294. The lowest BCUT2D eigenvalue weighted by Gasteiger charge is -2.11. The lowest BCUT2D eigenvalue weighted by molar-refractivity contribution is 0.0779. The van der Waals surface area contributed by atoms with Crippen molar-refractivity contribution in [2.24, 2.45) is 0 Å². The van der Waals surface area contributed by atoms with Gasteiger partial charge in [-0.25, -0.2) is 17.1 Å². The molecule has 0 spiro atoms. The maximum atomic E-state index is 12.8. The molecule has 0 unspecified atom stereocenters. The molecule has 27 heavy (non-hydrogen) atoms. The molecule has 0 fully saturated rings. The Bertz CT molecular complexity index is 1020. The van der Waals surface area contributed by atoms with Gasteiger partial charge < -0.3 is 9.57 Å². The van der Waals surface area contributed by atoms with Crippen LogP contribution >= 0.6 is 0 Å². The molecule has 0 atom stereocenters. The Balaban J connectivity index is 1.61. The van der Waals surface area contributed by atoms with Gasteiger partial charge in [0.25, 0.3) is 0 Å². The van der Waals surface area contributed by atoms with E-state index in [1.54, 1.807) is 18.2 Å². The van der Waals surface area contributed by atoms with Crippen molar-refractivity contribution in [1.29, 1.82) is 0 Å². The van der Waals surface area contributed by atoms with Gasteiger partial charge in [-0.1, -0.05) is 4.85 Å². The molecule has 0 N–H and O–H groups in total. The summed E-state index contributed by atoms with van der Waals surface area (Å²) in [4.78, 5) is 6.87. The molecule has 3 aromatic rings. The van der Waals surface area contributed by atoms with Crippen LogP contribution in [0, 0.1) is 5.82 Å². The molecule has 0 radical (unpaired) electrons. The minimum absolute atomic E-state index is 0.131. The van der Waals surface area contributed by atoms with E-state index in [0.717, 1.165) is 4.31 Å². The minimum atomic E-state index is -3.56. The van der Waals surface area contributed by atoms with Gasteiger partial charge in [0.15, 0.2) is 0 Å². The van der Waals surface area contributed by atoms with Crippen LogP contribution in [-0.2, 0) is 10.0 Å². The third-order valence-corrected chi connectivity index (χ3v) is 5.56. The zero-order valence-electron chi connectivity index (χ0n) is 14.9. The van der Waals surface area contributed by atoms with Gasteiger partial charge in [0.05, 0.1) is 11.5 Å². The van der Waals surface area contributed by atoms with E-state index < -0.39 is 10.0 Å². The average molecular weight is 394 g/mol. The number of benzene rings is 2. The quantitative estimate of drug-likeness (QED) is 0.541. The summed E-state index contributed by atoms with van der Waals surface area (Å²) in [6.45, 7) is 0.656.